The van der Waals surface area contributed by atoms with Gasteiger partial charge in [0.05, 0.1) is 24.6 Å². The molecule has 0 spiro atoms. The minimum Gasteiger partial charge on any atom is -0.493 e. The van der Waals surface area contributed by atoms with E-state index in [1.807, 2.05) is 115 Å². The summed E-state index contributed by atoms with van der Waals surface area (Å²) in [6.45, 7) is 19.6. The molecule has 3 N–H and O–H groups in total. The molecule has 0 aliphatic rings. The molecule has 0 saturated heterocycles. The largest absolute Gasteiger partial charge is 0.493 e. The fraction of sp³-hybridized carbons (Fsp3) is 0.200. The lowest BCUT2D eigenvalue weighted by Gasteiger charge is -2.15. The van der Waals surface area contributed by atoms with Crippen LogP contribution in [0.25, 0.3) is 22.5 Å². The Morgan fingerprint density at radius 3 is 1.69 bits per heavy atom. The molecule has 6 aromatic rings. The van der Waals surface area contributed by atoms with Crippen LogP contribution in [-0.4, -0.2) is 70.1 Å². The maximum absolute atomic E-state index is 5.77. The number of likely N-dealkylation sites (N-methyl/N-ethyl adjacent to an activating group) is 2. The fourth-order valence-corrected chi connectivity index (χ4v) is 5.99. The van der Waals surface area contributed by atoms with E-state index in [2.05, 4.69) is 93.7 Å². The number of halogens is 1. The maximum atomic E-state index is 5.77. The Kier molecular flexibility index (Phi) is 20.5. The summed E-state index contributed by atoms with van der Waals surface area (Å²) in [7, 11) is 4.13. The van der Waals surface area contributed by atoms with Crippen LogP contribution in [0.1, 0.15) is 24.0 Å². The highest BCUT2D eigenvalue weighted by atomic mass is 35.5. The quantitative estimate of drug-likeness (QED) is 0.0333. The predicted molar refractivity (Wildman–Crippen MR) is 254 cm³/mol. The van der Waals surface area contributed by atoms with Crippen LogP contribution in [0.4, 0.5) is 17.3 Å². The van der Waals surface area contributed by atoms with E-state index in [1.165, 1.54) is 11.1 Å². The van der Waals surface area contributed by atoms with Gasteiger partial charge >= 0.3 is 0 Å². The number of ether oxygens (including phenoxy) is 2. The smallest absolute Gasteiger partial charge is 0.227 e. The Hall–Kier alpha value is -6.59. The topological polar surface area (TPSA) is 115 Å². The van der Waals surface area contributed by atoms with E-state index in [0.29, 0.717) is 19.2 Å². The third-order valence-corrected chi connectivity index (χ3v) is 8.83. The van der Waals surface area contributed by atoms with E-state index >= 15 is 0 Å². The molecule has 11 heteroatoms. The molecule has 0 radical (unpaired) electrons. The summed E-state index contributed by atoms with van der Waals surface area (Å²) in [6, 6.07) is 35.6. The van der Waals surface area contributed by atoms with E-state index in [0.717, 1.165) is 84.4 Å². The molecular weight excluding hydrogens is 780 g/mol. The third kappa shape index (κ3) is 17.7. The first-order chi connectivity index (χ1) is 29.7. The number of nitrogens with two attached hydrogens (primary N) is 1. The van der Waals surface area contributed by atoms with Crippen LogP contribution in [0.15, 0.2) is 172 Å². The molecule has 2 heterocycles. The molecule has 4 aromatic carbocycles. The molecule has 0 saturated carbocycles. The molecule has 61 heavy (non-hydrogen) atoms. The lowest BCUT2D eigenvalue weighted by Crippen LogP contribution is -2.17. The second-order valence-electron chi connectivity index (χ2n) is 13.9. The Balaban J connectivity index is 0.000000223. The van der Waals surface area contributed by atoms with Gasteiger partial charge in [-0.25, -0.2) is 19.9 Å². The second kappa shape index (κ2) is 26.5. The van der Waals surface area contributed by atoms with Crippen molar-refractivity contribution in [3.05, 3.63) is 189 Å². The average Bonchev–Trinajstić information content (AvgIpc) is 3.25. The highest BCUT2D eigenvalue weighted by molar-refractivity contribution is 6.28. The molecule has 0 aliphatic carbocycles. The first-order valence-corrected chi connectivity index (χ1v) is 20.4. The standard InChI is InChI=1S/C25H28N4O.C14H13ClN2O.C11H16N2/c1-4-6-16-30-23-12-8-10-21(18-23)24-13-14-26-25(28-24)27-22-11-7-9-20(17-22)19-29(3)15-5-2;1-2-3-9-18-12-6-4-5-11(10-12)13-7-8-16-14(15)17-13;1-3-7-13(2)9-10-5-4-6-11(12)8-10/h4-5,7-14,17-18H,1-2,6,15-16,19H2,3H3,(H,26,27,28);2,4-8,10H,1,3,9H2;3-6,8H,1,7,9,12H2,2H3. The van der Waals surface area contributed by atoms with Crippen molar-refractivity contribution in [3.63, 3.8) is 0 Å². The second-order valence-corrected chi connectivity index (χ2v) is 14.3. The van der Waals surface area contributed by atoms with E-state index in [9.17, 15) is 0 Å². The number of hydrogen-bond donors (Lipinski definition) is 2. The van der Waals surface area contributed by atoms with Gasteiger partial charge in [0.2, 0.25) is 11.2 Å². The van der Waals surface area contributed by atoms with Crippen LogP contribution < -0.4 is 20.5 Å². The van der Waals surface area contributed by atoms with Gasteiger partial charge in [0, 0.05) is 61.1 Å². The van der Waals surface area contributed by atoms with Crippen molar-refractivity contribution in [1.29, 1.82) is 0 Å². The SMILES string of the molecule is C=CCCOc1cccc(-c2ccnc(Cl)n2)c1.C=CCCOc1cccc(-c2ccnc(Nc3cccc(CN(C)CC=C)c3)n2)c1.C=CCN(C)Cc1cccc(N)c1. The normalized spacial score (nSPS) is 10.4. The molecule has 0 amide bonds. The lowest BCUT2D eigenvalue weighted by atomic mass is 10.1. The summed E-state index contributed by atoms with van der Waals surface area (Å²) in [6.07, 6.45) is 12.5. The highest BCUT2D eigenvalue weighted by Crippen LogP contribution is 2.25. The first kappa shape index (κ1) is 47.1. The number of rotatable bonds is 20. The number of nitrogens with one attached hydrogen (secondary N) is 1. The van der Waals surface area contributed by atoms with Crippen LogP contribution in [-0.2, 0) is 13.1 Å². The zero-order valence-electron chi connectivity index (χ0n) is 35.3. The third-order valence-electron chi connectivity index (χ3n) is 8.64. The lowest BCUT2D eigenvalue weighted by molar-refractivity contribution is 0.325. The van der Waals surface area contributed by atoms with Crippen molar-refractivity contribution in [2.45, 2.75) is 25.9 Å². The number of hydrogen-bond acceptors (Lipinski definition) is 10. The van der Waals surface area contributed by atoms with Gasteiger partial charge in [-0.15, -0.1) is 26.3 Å². The Labute approximate surface area is 366 Å². The zero-order chi connectivity index (χ0) is 43.7. The first-order valence-electron chi connectivity index (χ1n) is 20.0. The minimum absolute atomic E-state index is 0.241. The summed E-state index contributed by atoms with van der Waals surface area (Å²) in [5.41, 5.74) is 13.5. The number of aromatic nitrogens is 4. The molecule has 0 bridgehead atoms. The number of nitrogen functional groups attached to an aromatic ring is 1. The molecule has 316 valence electrons. The molecule has 10 nitrogen and oxygen atoms in total. The number of anilines is 3. The number of benzene rings is 4. The summed E-state index contributed by atoms with van der Waals surface area (Å²) < 4.78 is 11.3. The zero-order valence-corrected chi connectivity index (χ0v) is 36.1. The van der Waals surface area contributed by atoms with Gasteiger partial charge in [-0.1, -0.05) is 72.8 Å². The van der Waals surface area contributed by atoms with Gasteiger partial charge < -0.3 is 20.5 Å². The molecular formula is C50H57ClN8O2. The summed E-state index contributed by atoms with van der Waals surface area (Å²) in [4.78, 5) is 21.5. The maximum Gasteiger partial charge on any atom is 0.227 e. The van der Waals surface area contributed by atoms with Crippen LogP contribution >= 0.6 is 11.6 Å². The van der Waals surface area contributed by atoms with Gasteiger partial charge in [0.15, 0.2) is 0 Å². The van der Waals surface area contributed by atoms with E-state index in [1.54, 1.807) is 12.4 Å². The Morgan fingerprint density at radius 1 is 0.623 bits per heavy atom. The molecule has 6 rings (SSSR count). The van der Waals surface area contributed by atoms with E-state index < -0.39 is 0 Å². The Morgan fingerprint density at radius 2 is 1.15 bits per heavy atom. The number of nitrogens with zero attached hydrogens (tertiary/aromatic N) is 6. The van der Waals surface area contributed by atoms with Crippen LogP contribution in [0.2, 0.25) is 5.28 Å². The minimum atomic E-state index is 0.241. The van der Waals surface area contributed by atoms with Crippen molar-refractivity contribution in [1.82, 2.24) is 29.7 Å². The summed E-state index contributed by atoms with van der Waals surface area (Å²) >= 11 is 5.77. The van der Waals surface area contributed by atoms with Gasteiger partial charge in [-0.05, 0) is 110 Å². The van der Waals surface area contributed by atoms with Gasteiger partial charge in [-0.3, -0.25) is 9.80 Å². The monoisotopic (exact) mass is 836 g/mol. The van der Waals surface area contributed by atoms with Crippen LogP contribution in [0.3, 0.4) is 0 Å². The Bertz CT molecular complexity index is 2280. The van der Waals surface area contributed by atoms with Gasteiger partial charge in [0.25, 0.3) is 0 Å². The predicted octanol–water partition coefficient (Wildman–Crippen LogP) is 11.1. The van der Waals surface area contributed by atoms with Crippen molar-refractivity contribution in [2.24, 2.45) is 0 Å². The molecule has 0 aliphatic heterocycles. The van der Waals surface area contributed by atoms with Crippen LogP contribution in [0, 0.1) is 0 Å². The molecule has 2 aromatic heterocycles. The van der Waals surface area contributed by atoms with Gasteiger partial charge in [-0.2, -0.15) is 0 Å². The molecule has 0 unspecified atom stereocenters. The van der Waals surface area contributed by atoms with Crippen molar-refractivity contribution >= 4 is 28.9 Å². The van der Waals surface area contributed by atoms with Crippen molar-refractivity contribution < 1.29 is 9.47 Å². The van der Waals surface area contributed by atoms with E-state index in [-0.39, 0.29) is 5.28 Å². The summed E-state index contributed by atoms with van der Waals surface area (Å²) in [5.74, 6) is 2.19. The highest BCUT2D eigenvalue weighted by Gasteiger charge is 2.07. The fourth-order valence-electron chi connectivity index (χ4n) is 5.85. The van der Waals surface area contributed by atoms with Crippen LogP contribution in [0.5, 0.6) is 11.5 Å². The molecule has 0 atom stereocenters. The van der Waals surface area contributed by atoms with Crippen molar-refractivity contribution in [2.75, 3.05) is 51.4 Å². The average molecular weight is 838 g/mol. The summed E-state index contributed by atoms with van der Waals surface area (Å²) in [5, 5.41) is 3.55. The van der Waals surface area contributed by atoms with Gasteiger partial charge in [0.1, 0.15) is 11.5 Å². The van der Waals surface area contributed by atoms with E-state index in [4.69, 9.17) is 26.8 Å². The van der Waals surface area contributed by atoms with Crippen molar-refractivity contribution in [3.8, 4) is 34.0 Å². The molecule has 0 fully saturated rings.